The van der Waals surface area contributed by atoms with Crippen molar-refractivity contribution in [3.8, 4) is 5.88 Å². The van der Waals surface area contributed by atoms with E-state index in [4.69, 9.17) is 5.73 Å². The normalized spacial score (nSPS) is 12.8. The molecular weight excluding hydrogens is 381 g/mol. The van der Waals surface area contributed by atoms with Gasteiger partial charge < -0.3 is 10.8 Å². The Morgan fingerprint density at radius 1 is 1.31 bits per heavy atom. The van der Waals surface area contributed by atoms with E-state index in [0.29, 0.717) is 28.0 Å². The zero-order valence-electron chi connectivity index (χ0n) is 15.6. The van der Waals surface area contributed by atoms with Crippen LogP contribution in [0.15, 0.2) is 61.5 Å². The van der Waals surface area contributed by atoms with Gasteiger partial charge in [0, 0.05) is 23.6 Å². The van der Waals surface area contributed by atoms with E-state index >= 15 is 0 Å². The van der Waals surface area contributed by atoms with Crippen molar-refractivity contribution in [2.24, 2.45) is 5.73 Å². The van der Waals surface area contributed by atoms with Crippen molar-refractivity contribution in [2.45, 2.75) is 19.5 Å². The lowest BCUT2D eigenvalue weighted by atomic mass is 9.97. The highest BCUT2D eigenvalue weighted by molar-refractivity contribution is 5.74. The van der Waals surface area contributed by atoms with Crippen molar-refractivity contribution in [2.75, 3.05) is 0 Å². The molecule has 0 aliphatic heterocycles. The first-order valence-electron chi connectivity index (χ1n) is 8.70. The van der Waals surface area contributed by atoms with E-state index in [1.165, 1.54) is 36.0 Å². The third kappa shape index (κ3) is 4.01. The fraction of sp³-hybridized carbons (Fsp3) is 0.143. The lowest BCUT2D eigenvalue weighted by Gasteiger charge is -2.13. The third-order valence-electron chi connectivity index (χ3n) is 4.53. The fourth-order valence-electron chi connectivity index (χ4n) is 3.11. The number of fused-ring (bicyclic) bond motifs is 1. The van der Waals surface area contributed by atoms with Gasteiger partial charge in [-0.1, -0.05) is 30.9 Å². The van der Waals surface area contributed by atoms with E-state index in [9.17, 15) is 18.3 Å². The first-order chi connectivity index (χ1) is 13.8. The molecule has 5 nitrogen and oxygen atoms in total. The summed E-state index contributed by atoms with van der Waals surface area (Å²) in [5, 5.41) is 14.4. The summed E-state index contributed by atoms with van der Waals surface area (Å²) in [6, 6.07) is 5.50. The number of halogens is 3. The molecule has 3 N–H and O–H groups in total. The molecule has 8 heteroatoms. The standard InChI is InChI=1S/C21H19F3N4O/c1-3-5-14(8-9-25)18-11-19(29)28-20(27-18)16(12-26-28)10-15-6-4-7-17(13(15)2)21(22,23)24/h3-9,11-12,29H,1,10,25H2,2H3/b9-8-,14-5+. The number of alkyl halides is 3. The second kappa shape index (κ2) is 7.83. The van der Waals surface area contributed by atoms with Crippen molar-refractivity contribution in [1.82, 2.24) is 14.6 Å². The molecule has 0 unspecified atom stereocenters. The molecule has 0 aliphatic carbocycles. The van der Waals surface area contributed by atoms with Gasteiger partial charge in [-0.25, -0.2) is 4.98 Å². The van der Waals surface area contributed by atoms with Crippen LogP contribution in [0.2, 0.25) is 0 Å². The van der Waals surface area contributed by atoms with E-state index in [0.717, 1.165) is 6.07 Å². The zero-order chi connectivity index (χ0) is 21.2. The first-order valence-corrected chi connectivity index (χ1v) is 8.70. The van der Waals surface area contributed by atoms with Gasteiger partial charge in [0.15, 0.2) is 5.65 Å². The highest BCUT2D eigenvalue weighted by Crippen LogP contribution is 2.34. The molecule has 0 amide bonds. The van der Waals surface area contributed by atoms with Gasteiger partial charge in [-0.3, -0.25) is 0 Å². The Labute approximate surface area is 165 Å². The van der Waals surface area contributed by atoms with Gasteiger partial charge >= 0.3 is 6.18 Å². The van der Waals surface area contributed by atoms with E-state index in [1.807, 2.05) is 0 Å². The summed E-state index contributed by atoms with van der Waals surface area (Å²) < 4.78 is 40.9. The lowest BCUT2D eigenvalue weighted by molar-refractivity contribution is -0.138. The molecule has 0 radical (unpaired) electrons. The molecule has 0 atom stereocenters. The van der Waals surface area contributed by atoms with Gasteiger partial charge in [0.2, 0.25) is 5.88 Å². The minimum absolute atomic E-state index is 0.151. The van der Waals surface area contributed by atoms with E-state index in [1.54, 1.807) is 24.3 Å². The Balaban J connectivity index is 2.11. The number of benzene rings is 1. The molecule has 2 aromatic heterocycles. The number of allylic oxidation sites excluding steroid dienone is 4. The van der Waals surface area contributed by atoms with Gasteiger partial charge in [-0.2, -0.15) is 22.8 Å². The van der Waals surface area contributed by atoms with Crippen molar-refractivity contribution in [1.29, 1.82) is 0 Å². The van der Waals surface area contributed by atoms with Crippen molar-refractivity contribution < 1.29 is 18.3 Å². The van der Waals surface area contributed by atoms with Crippen LogP contribution in [0.3, 0.4) is 0 Å². The van der Waals surface area contributed by atoms with E-state index in [2.05, 4.69) is 16.7 Å². The molecule has 3 rings (SSSR count). The largest absolute Gasteiger partial charge is 0.493 e. The monoisotopic (exact) mass is 400 g/mol. The quantitative estimate of drug-likeness (QED) is 0.623. The summed E-state index contributed by atoms with van der Waals surface area (Å²) in [5.41, 5.74) is 7.42. The third-order valence-corrected chi connectivity index (χ3v) is 4.53. The molecule has 0 fully saturated rings. The topological polar surface area (TPSA) is 76.4 Å². The highest BCUT2D eigenvalue weighted by Gasteiger charge is 2.32. The second-order valence-electron chi connectivity index (χ2n) is 6.39. The molecule has 1 aromatic carbocycles. The number of nitrogens with zero attached hydrogens (tertiary/aromatic N) is 3. The molecule has 29 heavy (non-hydrogen) atoms. The molecule has 150 valence electrons. The van der Waals surface area contributed by atoms with Gasteiger partial charge in [0.05, 0.1) is 17.5 Å². The molecule has 0 spiro atoms. The van der Waals surface area contributed by atoms with Gasteiger partial charge in [0.25, 0.3) is 0 Å². The van der Waals surface area contributed by atoms with E-state index < -0.39 is 11.7 Å². The molecule has 0 bridgehead atoms. The average molecular weight is 400 g/mol. The van der Waals surface area contributed by atoms with Gasteiger partial charge in [0.1, 0.15) is 0 Å². The number of hydrogen-bond donors (Lipinski definition) is 2. The van der Waals surface area contributed by atoms with Gasteiger partial charge in [-0.05, 0) is 36.4 Å². The summed E-state index contributed by atoms with van der Waals surface area (Å²) in [6.45, 7) is 5.08. The minimum Gasteiger partial charge on any atom is -0.493 e. The molecular formula is C21H19F3N4O. The maximum Gasteiger partial charge on any atom is 0.416 e. The SMILES string of the molecule is C=C/C=C(\C=C/N)c1cc(O)n2ncc(Cc3cccc(C(F)(F)F)c3C)c2n1. The Morgan fingerprint density at radius 3 is 2.72 bits per heavy atom. The van der Waals surface area contributed by atoms with Crippen LogP contribution in [0.4, 0.5) is 13.2 Å². The number of aromatic nitrogens is 3. The summed E-state index contributed by atoms with van der Waals surface area (Å²) in [6.07, 6.45) is 3.41. The summed E-state index contributed by atoms with van der Waals surface area (Å²) in [7, 11) is 0. The second-order valence-corrected chi connectivity index (χ2v) is 6.39. The van der Waals surface area contributed by atoms with Crippen molar-refractivity contribution >= 4 is 11.2 Å². The Morgan fingerprint density at radius 2 is 2.07 bits per heavy atom. The lowest BCUT2D eigenvalue weighted by Crippen LogP contribution is -2.09. The molecule has 0 aliphatic rings. The van der Waals surface area contributed by atoms with Crippen LogP contribution in [0.5, 0.6) is 5.88 Å². The maximum absolute atomic E-state index is 13.2. The Hall–Kier alpha value is -3.55. The van der Waals surface area contributed by atoms with Crippen LogP contribution in [0.1, 0.15) is 27.9 Å². The maximum atomic E-state index is 13.2. The molecule has 0 saturated heterocycles. The number of aromatic hydroxyl groups is 1. The number of nitrogens with two attached hydrogens (primary N) is 1. The van der Waals surface area contributed by atoms with Crippen molar-refractivity contribution in [3.05, 3.63) is 89.4 Å². The fourth-order valence-corrected chi connectivity index (χ4v) is 3.11. The molecule has 3 aromatic rings. The Kier molecular flexibility index (Phi) is 5.45. The predicted octanol–water partition coefficient (Wildman–Crippen LogP) is 4.39. The summed E-state index contributed by atoms with van der Waals surface area (Å²) in [4.78, 5) is 4.53. The van der Waals surface area contributed by atoms with Crippen LogP contribution in [0, 0.1) is 6.92 Å². The van der Waals surface area contributed by atoms with E-state index in [-0.39, 0.29) is 17.9 Å². The van der Waals surface area contributed by atoms with Crippen LogP contribution in [-0.2, 0) is 12.6 Å². The van der Waals surface area contributed by atoms with Crippen LogP contribution >= 0.6 is 0 Å². The van der Waals surface area contributed by atoms with Crippen LogP contribution < -0.4 is 5.73 Å². The number of hydrogen-bond acceptors (Lipinski definition) is 4. The van der Waals surface area contributed by atoms with Crippen LogP contribution in [-0.4, -0.2) is 19.7 Å². The smallest absolute Gasteiger partial charge is 0.416 e. The zero-order valence-corrected chi connectivity index (χ0v) is 15.6. The Bertz CT molecular complexity index is 1130. The summed E-state index contributed by atoms with van der Waals surface area (Å²) >= 11 is 0. The molecule has 2 heterocycles. The summed E-state index contributed by atoms with van der Waals surface area (Å²) in [5.74, 6) is -0.155. The number of rotatable bonds is 5. The van der Waals surface area contributed by atoms with Gasteiger partial charge in [-0.15, -0.1) is 0 Å². The first kappa shape index (κ1) is 20.2. The highest BCUT2D eigenvalue weighted by atomic mass is 19.4. The average Bonchev–Trinajstić information content (AvgIpc) is 3.05. The van der Waals surface area contributed by atoms with Crippen molar-refractivity contribution in [3.63, 3.8) is 0 Å². The molecule has 0 saturated carbocycles. The predicted molar refractivity (Wildman–Crippen MR) is 105 cm³/mol. The minimum atomic E-state index is -4.43. The van der Waals surface area contributed by atoms with Crippen LogP contribution in [0.25, 0.3) is 11.2 Å².